The molecule has 0 amide bonds. The van der Waals surface area contributed by atoms with Crippen LogP contribution in [0.4, 0.5) is 0 Å². The summed E-state index contributed by atoms with van der Waals surface area (Å²) in [6.45, 7) is 0. The van der Waals surface area contributed by atoms with Crippen molar-refractivity contribution >= 4 is 22.4 Å². The molecule has 0 radical (unpaired) electrons. The molecule has 84 valence electrons. The minimum absolute atomic E-state index is 0.218. The Morgan fingerprint density at radius 3 is 2.65 bits per heavy atom. The Labute approximate surface area is 99.5 Å². The first-order valence-corrected chi connectivity index (χ1v) is 6.24. The fraction of sp³-hybridized carbons (Fsp3) is 0.267. The number of benzene rings is 1. The van der Waals surface area contributed by atoms with Gasteiger partial charge >= 0.3 is 0 Å². The summed E-state index contributed by atoms with van der Waals surface area (Å²) < 4.78 is 1.91. The third-order valence-corrected chi connectivity index (χ3v) is 3.95. The van der Waals surface area contributed by atoms with Gasteiger partial charge in [0.2, 0.25) is 0 Å². The van der Waals surface area contributed by atoms with Crippen molar-refractivity contribution in [3.05, 3.63) is 41.6 Å². The second kappa shape index (κ2) is 3.10. The summed E-state index contributed by atoms with van der Waals surface area (Å²) in [5.74, 6) is 0.218. The van der Waals surface area contributed by atoms with Crippen LogP contribution in [0, 0.1) is 0 Å². The van der Waals surface area contributed by atoms with Gasteiger partial charge in [-0.15, -0.1) is 0 Å². The molecule has 0 unspecified atom stereocenters. The summed E-state index contributed by atoms with van der Waals surface area (Å²) >= 11 is 0. The van der Waals surface area contributed by atoms with Crippen LogP contribution in [0.15, 0.2) is 35.9 Å². The molecule has 1 aliphatic carbocycles. The zero-order valence-electron chi connectivity index (χ0n) is 9.57. The molecule has 0 fully saturated rings. The summed E-state index contributed by atoms with van der Waals surface area (Å²) in [7, 11) is 0. The smallest absolute Gasteiger partial charge is 0.259 e. The number of carbonyl (C=O) groups excluding carboxylic acids is 1. The summed E-state index contributed by atoms with van der Waals surface area (Å²) in [5, 5.41) is 1.17. The summed E-state index contributed by atoms with van der Waals surface area (Å²) in [6.07, 6.45) is 4.41. The van der Waals surface area contributed by atoms with E-state index < -0.39 is 0 Å². The van der Waals surface area contributed by atoms with Gasteiger partial charge in [0, 0.05) is 11.0 Å². The lowest BCUT2D eigenvalue weighted by Crippen LogP contribution is -2.09. The molecular formula is C15H13NO. The second-order valence-corrected chi connectivity index (χ2v) is 4.89. The summed E-state index contributed by atoms with van der Waals surface area (Å²) in [6, 6.07) is 10.3. The Kier molecular flexibility index (Phi) is 1.68. The monoisotopic (exact) mass is 223 g/mol. The van der Waals surface area contributed by atoms with Gasteiger partial charge in [-0.05, 0) is 43.4 Å². The largest absolute Gasteiger partial charge is 0.276 e. The highest BCUT2D eigenvalue weighted by atomic mass is 16.2. The van der Waals surface area contributed by atoms with Crippen LogP contribution >= 0.6 is 0 Å². The SMILES string of the molecule is O=C1C2=C(CCCC2)c2cc3ccccc3n21. The molecule has 2 aliphatic rings. The Hall–Kier alpha value is -1.83. The van der Waals surface area contributed by atoms with Gasteiger partial charge in [0.05, 0.1) is 11.2 Å². The van der Waals surface area contributed by atoms with Gasteiger partial charge in [-0.25, -0.2) is 0 Å². The van der Waals surface area contributed by atoms with Crippen molar-refractivity contribution in [1.29, 1.82) is 0 Å². The van der Waals surface area contributed by atoms with Crippen LogP contribution in [0.3, 0.4) is 0 Å². The molecule has 2 heteroatoms. The Morgan fingerprint density at radius 1 is 1.00 bits per heavy atom. The number of rotatable bonds is 0. The second-order valence-electron chi connectivity index (χ2n) is 4.89. The van der Waals surface area contributed by atoms with Crippen molar-refractivity contribution in [2.45, 2.75) is 25.7 Å². The maximum Gasteiger partial charge on any atom is 0.259 e. The van der Waals surface area contributed by atoms with Crippen LogP contribution in [-0.2, 0) is 0 Å². The molecule has 0 atom stereocenters. The predicted octanol–water partition coefficient (Wildman–Crippen LogP) is 3.62. The molecule has 0 bridgehead atoms. The minimum atomic E-state index is 0.218. The van der Waals surface area contributed by atoms with Gasteiger partial charge in [0.1, 0.15) is 0 Å². The number of allylic oxidation sites excluding steroid dienone is 2. The van der Waals surface area contributed by atoms with Crippen molar-refractivity contribution in [3.63, 3.8) is 0 Å². The van der Waals surface area contributed by atoms with Crippen LogP contribution in [0.5, 0.6) is 0 Å². The van der Waals surface area contributed by atoms with E-state index in [9.17, 15) is 4.79 Å². The molecule has 17 heavy (non-hydrogen) atoms. The fourth-order valence-electron chi connectivity index (χ4n) is 3.15. The van der Waals surface area contributed by atoms with Crippen LogP contribution < -0.4 is 0 Å². The number of carbonyl (C=O) groups is 1. The standard InChI is InChI=1S/C15H13NO/c17-15-12-7-3-2-6-11(12)14-9-10-5-1-4-8-13(10)16(14)15/h1,4-5,8-9H,2-3,6-7H2. The quantitative estimate of drug-likeness (QED) is 0.668. The van der Waals surface area contributed by atoms with Gasteiger partial charge < -0.3 is 0 Å². The van der Waals surface area contributed by atoms with Gasteiger partial charge in [0.25, 0.3) is 5.91 Å². The lowest BCUT2D eigenvalue weighted by molar-refractivity contribution is 0.0962. The minimum Gasteiger partial charge on any atom is -0.276 e. The zero-order valence-corrected chi connectivity index (χ0v) is 9.57. The van der Waals surface area contributed by atoms with Crippen LogP contribution in [0.2, 0.25) is 0 Å². The topological polar surface area (TPSA) is 22.0 Å². The van der Waals surface area contributed by atoms with Crippen molar-refractivity contribution in [2.75, 3.05) is 0 Å². The van der Waals surface area contributed by atoms with E-state index in [0.717, 1.165) is 36.0 Å². The maximum atomic E-state index is 12.4. The maximum absolute atomic E-state index is 12.4. The van der Waals surface area contributed by atoms with Gasteiger partial charge in [-0.2, -0.15) is 0 Å². The van der Waals surface area contributed by atoms with Crippen molar-refractivity contribution < 1.29 is 4.79 Å². The highest BCUT2D eigenvalue weighted by molar-refractivity contribution is 6.13. The average molecular weight is 223 g/mol. The van der Waals surface area contributed by atoms with Crippen molar-refractivity contribution in [3.8, 4) is 0 Å². The number of hydrogen-bond donors (Lipinski definition) is 0. The van der Waals surface area contributed by atoms with E-state index in [0.29, 0.717) is 0 Å². The number of hydrogen-bond acceptors (Lipinski definition) is 1. The first-order valence-electron chi connectivity index (χ1n) is 6.24. The van der Waals surface area contributed by atoms with E-state index in [2.05, 4.69) is 12.1 Å². The number of aromatic nitrogens is 1. The molecule has 1 aromatic heterocycles. The van der Waals surface area contributed by atoms with E-state index in [1.54, 1.807) is 0 Å². The van der Waals surface area contributed by atoms with Crippen molar-refractivity contribution in [2.24, 2.45) is 0 Å². The van der Waals surface area contributed by atoms with E-state index >= 15 is 0 Å². The van der Waals surface area contributed by atoms with Crippen molar-refractivity contribution in [1.82, 2.24) is 4.57 Å². The van der Waals surface area contributed by atoms with E-state index in [1.807, 2.05) is 22.8 Å². The number of fused-ring (bicyclic) bond motifs is 4. The molecular weight excluding hydrogens is 210 g/mol. The molecule has 0 spiro atoms. The van der Waals surface area contributed by atoms with E-state index in [1.165, 1.54) is 17.4 Å². The lowest BCUT2D eigenvalue weighted by atomic mass is 9.91. The first-order chi connectivity index (χ1) is 8.36. The van der Waals surface area contributed by atoms with Gasteiger partial charge in [-0.1, -0.05) is 18.2 Å². The van der Waals surface area contributed by atoms with Gasteiger partial charge in [0.15, 0.2) is 0 Å². The molecule has 4 rings (SSSR count). The molecule has 0 saturated heterocycles. The molecule has 2 nitrogen and oxygen atoms in total. The average Bonchev–Trinajstić information content (AvgIpc) is 2.88. The predicted molar refractivity (Wildman–Crippen MR) is 68.0 cm³/mol. The molecule has 1 aromatic carbocycles. The van der Waals surface area contributed by atoms with E-state index in [-0.39, 0.29) is 5.91 Å². The highest BCUT2D eigenvalue weighted by Gasteiger charge is 2.31. The fourth-order valence-corrected chi connectivity index (χ4v) is 3.15. The van der Waals surface area contributed by atoms with Crippen LogP contribution in [0.25, 0.3) is 16.5 Å². The third kappa shape index (κ3) is 1.08. The Morgan fingerprint density at radius 2 is 1.76 bits per heavy atom. The molecule has 0 saturated carbocycles. The number of nitrogens with zero attached hydrogens (tertiary/aromatic N) is 1. The lowest BCUT2D eigenvalue weighted by Gasteiger charge is -2.11. The third-order valence-electron chi connectivity index (χ3n) is 3.95. The molecule has 1 aliphatic heterocycles. The van der Waals surface area contributed by atoms with Crippen LogP contribution in [-0.4, -0.2) is 10.5 Å². The summed E-state index contributed by atoms with van der Waals surface area (Å²) in [5.41, 5.74) is 4.57. The van der Waals surface area contributed by atoms with Crippen LogP contribution in [0.1, 0.15) is 36.2 Å². The van der Waals surface area contributed by atoms with Gasteiger partial charge in [-0.3, -0.25) is 9.36 Å². The highest BCUT2D eigenvalue weighted by Crippen LogP contribution is 2.41. The first kappa shape index (κ1) is 9.23. The molecule has 0 N–H and O–H groups in total. The summed E-state index contributed by atoms with van der Waals surface area (Å²) in [4.78, 5) is 12.4. The Bertz CT molecular complexity index is 675. The normalized spacial score (nSPS) is 18.7. The van der Waals surface area contributed by atoms with E-state index in [4.69, 9.17) is 0 Å². The number of para-hydroxylation sites is 1. The molecule has 2 aromatic rings. The Balaban J connectivity index is 2.06. The molecule has 2 heterocycles. The zero-order chi connectivity index (χ0) is 11.4.